The van der Waals surface area contributed by atoms with E-state index in [0.29, 0.717) is 17.6 Å². The van der Waals surface area contributed by atoms with Crippen molar-refractivity contribution in [1.29, 1.82) is 0 Å². The average Bonchev–Trinajstić information content (AvgIpc) is 2.75. The number of nitrogens with zero attached hydrogens (tertiary/aromatic N) is 1. The average molecular weight is 278 g/mol. The van der Waals surface area contributed by atoms with Crippen LogP contribution in [0.1, 0.15) is 19.3 Å². The summed E-state index contributed by atoms with van der Waals surface area (Å²) >= 11 is 0. The summed E-state index contributed by atoms with van der Waals surface area (Å²) < 4.78 is 6.37. The predicted octanol–water partition coefficient (Wildman–Crippen LogP) is 0.873. The van der Waals surface area contributed by atoms with E-state index in [9.17, 15) is 9.59 Å². The predicted molar refractivity (Wildman–Crippen MR) is 74.4 cm³/mol. The molecule has 0 radical (unpaired) electrons. The molecule has 0 atom stereocenters. The van der Waals surface area contributed by atoms with E-state index in [1.54, 1.807) is 24.3 Å². The first-order chi connectivity index (χ1) is 9.72. The minimum absolute atomic E-state index is 0.0458. The largest absolute Gasteiger partial charge is 0.420 e. The summed E-state index contributed by atoms with van der Waals surface area (Å²) in [5.41, 5.74) is 1.10. The van der Waals surface area contributed by atoms with Gasteiger partial charge in [-0.3, -0.25) is 9.36 Å². The van der Waals surface area contributed by atoms with E-state index in [4.69, 9.17) is 9.52 Å². The maximum absolute atomic E-state index is 11.8. The lowest BCUT2D eigenvalue weighted by molar-refractivity contribution is -0.121. The minimum atomic E-state index is -0.526. The van der Waals surface area contributed by atoms with Crippen LogP contribution in [0.2, 0.25) is 0 Å². The molecule has 0 unspecified atom stereocenters. The fourth-order valence-corrected chi connectivity index (χ4v) is 2.00. The second kappa shape index (κ2) is 6.91. The molecule has 2 N–H and O–H groups in total. The normalized spacial score (nSPS) is 10.8. The summed E-state index contributed by atoms with van der Waals surface area (Å²) in [5.74, 6) is -0.746. The lowest BCUT2D eigenvalue weighted by atomic mass is 10.2. The van der Waals surface area contributed by atoms with Crippen molar-refractivity contribution in [2.45, 2.75) is 25.8 Å². The number of aliphatic hydroxyl groups is 1. The van der Waals surface area contributed by atoms with Crippen LogP contribution in [0.15, 0.2) is 33.5 Å². The van der Waals surface area contributed by atoms with Gasteiger partial charge in [0, 0.05) is 13.2 Å². The highest BCUT2D eigenvalue weighted by Gasteiger charge is 2.11. The van der Waals surface area contributed by atoms with Gasteiger partial charge in [0.05, 0.1) is 5.52 Å². The molecule has 1 heterocycles. The highest BCUT2D eigenvalue weighted by molar-refractivity contribution is 5.79. The van der Waals surface area contributed by atoms with Gasteiger partial charge < -0.3 is 14.8 Å². The van der Waals surface area contributed by atoms with E-state index in [2.05, 4.69) is 5.32 Å². The van der Waals surface area contributed by atoms with Crippen LogP contribution in [0.5, 0.6) is 0 Å². The summed E-state index contributed by atoms with van der Waals surface area (Å²) in [5, 5.41) is 11.4. The molecule has 0 spiro atoms. The van der Waals surface area contributed by atoms with E-state index >= 15 is 0 Å². The van der Waals surface area contributed by atoms with Gasteiger partial charge in [0.2, 0.25) is 5.91 Å². The first-order valence-electron chi connectivity index (χ1n) is 6.68. The monoisotopic (exact) mass is 278 g/mol. The van der Waals surface area contributed by atoms with Crippen LogP contribution in [0, 0.1) is 0 Å². The quantitative estimate of drug-likeness (QED) is 0.736. The number of oxazole rings is 1. The Morgan fingerprint density at radius 1 is 1.25 bits per heavy atom. The maximum Gasteiger partial charge on any atom is 0.420 e. The summed E-state index contributed by atoms with van der Waals surface area (Å²) in [6.07, 6.45) is 2.42. The van der Waals surface area contributed by atoms with Gasteiger partial charge >= 0.3 is 5.76 Å². The van der Waals surface area contributed by atoms with Crippen molar-refractivity contribution in [2.75, 3.05) is 13.2 Å². The molecule has 2 rings (SSSR count). The third-order valence-corrected chi connectivity index (χ3v) is 3.03. The number of rotatable bonds is 7. The molecule has 0 saturated carbocycles. The molecule has 108 valence electrons. The molecular formula is C14H18N2O4. The zero-order valence-corrected chi connectivity index (χ0v) is 11.2. The van der Waals surface area contributed by atoms with Crippen molar-refractivity contribution >= 4 is 17.0 Å². The Labute approximate surface area is 116 Å². The third kappa shape index (κ3) is 3.48. The van der Waals surface area contributed by atoms with Crippen LogP contribution in [0.25, 0.3) is 11.1 Å². The Bertz CT molecular complexity index is 629. The number of aromatic nitrogens is 1. The van der Waals surface area contributed by atoms with Gasteiger partial charge in [-0.1, -0.05) is 12.1 Å². The lowest BCUT2D eigenvalue weighted by Crippen LogP contribution is -2.31. The molecule has 1 amide bonds. The van der Waals surface area contributed by atoms with E-state index in [1.807, 2.05) is 0 Å². The molecule has 0 bridgehead atoms. The molecular weight excluding hydrogens is 260 g/mol. The molecule has 1 aromatic heterocycles. The fourth-order valence-electron chi connectivity index (χ4n) is 2.00. The first kappa shape index (κ1) is 14.3. The van der Waals surface area contributed by atoms with Gasteiger partial charge in [0.1, 0.15) is 6.54 Å². The molecule has 6 nitrogen and oxygen atoms in total. The fraction of sp³-hybridized carbons (Fsp3) is 0.429. The Hall–Kier alpha value is -2.08. The van der Waals surface area contributed by atoms with Gasteiger partial charge in [-0.2, -0.15) is 0 Å². The number of fused-ring (bicyclic) bond motifs is 1. The van der Waals surface area contributed by atoms with E-state index in [1.165, 1.54) is 4.57 Å². The van der Waals surface area contributed by atoms with E-state index < -0.39 is 5.76 Å². The molecule has 0 fully saturated rings. The summed E-state index contributed by atoms with van der Waals surface area (Å²) in [4.78, 5) is 23.5. The second-order valence-corrected chi connectivity index (χ2v) is 4.56. The highest BCUT2D eigenvalue weighted by atomic mass is 16.4. The highest BCUT2D eigenvalue weighted by Crippen LogP contribution is 2.11. The zero-order valence-electron chi connectivity index (χ0n) is 11.2. The number of benzene rings is 1. The summed E-state index contributed by atoms with van der Waals surface area (Å²) in [7, 11) is 0. The molecule has 2 aromatic rings. The molecule has 0 aliphatic rings. The first-order valence-corrected chi connectivity index (χ1v) is 6.68. The van der Waals surface area contributed by atoms with Crippen molar-refractivity contribution < 1.29 is 14.3 Å². The van der Waals surface area contributed by atoms with Crippen LogP contribution in [-0.4, -0.2) is 28.7 Å². The number of carbonyl (C=O) groups excluding carboxylic acids is 1. The molecule has 0 saturated heterocycles. The van der Waals surface area contributed by atoms with Crippen molar-refractivity contribution in [2.24, 2.45) is 0 Å². The smallest absolute Gasteiger partial charge is 0.408 e. The van der Waals surface area contributed by atoms with E-state index in [0.717, 1.165) is 19.3 Å². The van der Waals surface area contributed by atoms with Crippen molar-refractivity contribution in [3.8, 4) is 0 Å². The van der Waals surface area contributed by atoms with Gasteiger partial charge in [-0.05, 0) is 31.4 Å². The molecule has 0 aliphatic carbocycles. The van der Waals surface area contributed by atoms with Gasteiger partial charge in [-0.25, -0.2) is 4.79 Å². The van der Waals surface area contributed by atoms with Crippen LogP contribution in [0.3, 0.4) is 0 Å². The van der Waals surface area contributed by atoms with Gasteiger partial charge in [-0.15, -0.1) is 0 Å². The number of carbonyl (C=O) groups is 1. The molecule has 1 aromatic carbocycles. The number of amides is 1. The number of unbranched alkanes of at least 4 members (excludes halogenated alkanes) is 2. The number of hydrogen-bond donors (Lipinski definition) is 2. The zero-order chi connectivity index (χ0) is 14.4. The van der Waals surface area contributed by atoms with Crippen molar-refractivity contribution in [3.05, 3.63) is 34.8 Å². The van der Waals surface area contributed by atoms with E-state index in [-0.39, 0.29) is 19.1 Å². The van der Waals surface area contributed by atoms with Crippen molar-refractivity contribution in [1.82, 2.24) is 9.88 Å². The number of hydrogen-bond acceptors (Lipinski definition) is 4. The van der Waals surface area contributed by atoms with Crippen LogP contribution in [0.4, 0.5) is 0 Å². The van der Waals surface area contributed by atoms with Gasteiger partial charge in [0.15, 0.2) is 5.58 Å². The Kier molecular flexibility index (Phi) is 4.95. The second-order valence-electron chi connectivity index (χ2n) is 4.56. The SMILES string of the molecule is O=C(Cn1c(=O)oc2ccccc21)NCCCCCO. The van der Waals surface area contributed by atoms with Crippen molar-refractivity contribution in [3.63, 3.8) is 0 Å². The lowest BCUT2D eigenvalue weighted by Gasteiger charge is -2.05. The molecule has 0 aliphatic heterocycles. The standard InChI is InChI=1S/C14H18N2O4/c17-9-5-1-4-8-15-13(18)10-16-11-6-2-3-7-12(11)20-14(16)19/h2-3,6-7,17H,1,4-5,8-10H2,(H,15,18). The summed E-state index contributed by atoms with van der Waals surface area (Å²) in [6.45, 7) is 0.670. The molecule has 20 heavy (non-hydrogen) atoms. The number of aliphatic hydroxyl groups excluding tert-OH is 1. The Morgan fingerprint density at radius 3 is 2.85 bits per heavy atom. The van der Waals surface area contributed by atoms with Gasteiger partial charge in [0.25, 0.3) is 0 Å². The van der Waals surface area contributed by atoms with Crippen LogP contribution < -0.4 is 11.1 Å². The topological polar surface area (TPSA) is 84.5 Å². The third-order valence-electron chi connectivity index (χ3n) is 3.03. The number of para-hydroxylation sites is 2. The van der Waals surface area contributed by atoms with Crippen LogP contribution >= 0.6 is 0 Å². The Morgan fingerprint density at radius 2 is 2.05 bits per heavy atom. The minimum Gasteiger partial charge on any atom is -0.408 e. The summed E-state index contributed by atoms with van der Waals surface area (Å²) in [6, 6.07) is 7.01. The number of nitrogens with one attached hydrogen (secondary N) is 1. The van der Waals surface area contributed by atoms with Crippen LogP contribution in [-0.2, 0) is 11.3 Å². The Balaban J connectivity index is 1.93. The molecule has 6 heteroatoms. The maximum atomic E-state index is 11.8.